The molecule has 114 valence electrons. The first-order chi connectivity index (χ1) is 10.1. The van der Waals surface area contributed by atoms with E-state index in [-0.39, 0.29) is 5.38 Å². The van der Waals surface area contributed by atoms with Crippen LogP contribution in [0.3, 0.4) is 0 Å². The first-order valence-electron chi connectivity index (χ1n) is 7.51. The van der Waals surface area contributed by atoms with Crippen molar-refractivity contribution in [3.05, 3.63) is 52.3 Å². The minimum Gasteiger partial charge on any atom is -0.268 e. The molecule has 2 atom stereocenters. The summed E-state index contributed by atoms with van der Waals surface area (Å²) in [6, 6.07) is 10.2. The van der Waals surface area contributed by atoms with Gasteiger partial charge in [0, 0.05) is 6.54 Å². The van der Waals surface area contributed by atoms with Crippen molar-refractivity contribution in [2.24, 2.45) is 5.92 Å². The van der Waals surface area contributed by atoms with Gasteiger partial charge in [-0.05, 0) is 31.2 Å². The SMILES string of the molecule is CCc1nn(CC)c(CC(C)C(Cl)c2ccccc2)c1Cl. The summed E-state index contributed by atoms with van der Waals surface area (Å²) in [7, 11) is 0. The molecule has 0 bridgehead atoms. The van der Waals surface area contributed by atoms with Crippen molar-refractivity contribution in [3.8, 4) is 0 Å². The quantitative estimate of drug-likeness (QED) is 0.661. The highest BCUT2D eigenvalue weighted by atomic mass is 35.5. The van der Waals surface area contributed by atoms with Crippen LogP contribution in [0, 0.1) is 5.92 Å². The summed E-state index contributed by atoms with van der Waals surface area (Å²) in [6.07, 6.45) is 1.69. The number of rotatable bonds is 6. The topological polar surface area (TPSA) is 17.8 Å². The molecule has 0 saturated carbocycles. The summed E-state index contributed by atoms with van der Waals surface area (Å²) in [5.74, 6) is 0.290. The van der Waals surface area contributed by atoms with Gasteiger partial charge in [0.05, 0.1) is 21.8 Å². The normalized spacial score (nSPS) is 14.1. The molecule has 0 fully saturated rings. The number of aryl methyl sites for hydroxylation is 2. The van der Waals surface area contributed by atoms with Crippen molar-refractivity contribution in [3.63, 3.8) is 0 Å². The predicted molar refractivity (Wildman–Crippen MR) is 90.2 cm³/mol. The Bertz CT molecular complexity index is 578. The molecule has 0 aliphatic rings. The van der Waals surface area contributed by atoms with Crippen molar-refractivity contribution < 1.29 is 0 Å². The minimum atomic E-state index is -0.0208. The fraction of sp³-hybridized carbons (Fsp3) is 0.471. The summed E-state index contributed by atoms with van der Waals surface area (Å²) < 4.78 is 2.01. The zero-order valence-electron chi connectivity index (χ0n) is 12.8. The first-order valence-corrected chi connectivity index (χ1v) is 8.32. The van der Waals surface area contributed by atoms with Crippen LogP contribution in [-0.2, 0) is 19.4 Å². The standard InChI is InChI=1S/C17H22Cl2N2/c1-4-14-17(19)15(21(5-2)20-14)11-12(3)16(18)13-9-7-6-8-10-13/h6-10,12,16H,4-5,11H2,1-3H3. The van der Waals surface area contributed by atoms with E-state index in [1.165, 1.54) is 0 Å². The number of aromatic nitrogens is 2. The predicted octanol–water partition coefficient (Wildman–Crippen LogP) is 5.28. The van der Waals surface area contributed by atoms with Crippen LogP contribution in [0.5, 0.6) is 0 Å². The Kier molecular flexibility index (Phi) is 5.72. The van der Waals surface area contributed by atoms with E-state index in [1.54, 1.807) is 0 Å². The van der Waals surface area contributed by atoms with E-state index < -0.39 is 0 Å². The van der Waals surface area contributed by atoms with Gasteiger partial charge in [-0.2, -0.15) is 5.10 Å². The molecular weight excluding hydrogens is 303 g/mol. The van der Waals surface area contributed by atoms with Crippen molar-refractivity contribution in [1.29, 1.82) is 0 Å². The Morgan fingerprint density at radius 1 is 1.19 bits per heavy atom. The highest BCUT2D eigenvalue weighted by Crippen LogP contribution is 2.33. The van der Waals surface area contributed by atoms with Gasteiger partial charge < -0.3 is 0 Å². The smallest absolute Gasteiger partial charge is 0.0849 e. The van der Waals surface area contributed by atoms with Crippen molar-refractivity contribution in [2.45, 2.75) is 45.5 Å². The molecule has 1 heterocycles. The summed E-state index contributed by atoms with van der Waals surface area (Å²) in [4.78, 5) is 0. The van der Waals surface area contributed by atoms with Crippen LogP contribution in [0.4, 0.5) is 0 Å². The average molecular weight is 325 g/mol. The molecule has 2 unspecified atom stereocenters. The van der Waals surface area contributed by atoms with Crippen LogP contribution in [0.2, 0.25) is 5.02 Å². The van der Waals surface area contributed by atoms with E-state index in [1.807, 2.05) is 22.9 Å². The largest absolute Gasteiger partial charge is 0.268 e. The van der Waals surface area contributed by atoms with Gasteiger partial charge in [-0.1, -0.05) is 55.8 Å². The molecule has 2 nitrogen and oxygen atoms in total. The monoisotopic (exact) mass is 324 g/mol. The Hall–Kier alpha value is -0.990. The molecule has 2 aromatic rings. The Morgan fingerprint density at radius 2 is 1.86 bits per heavy atom. The van der Waals surface area contributed by atoms with E-state index in [0.717, 1.165) is 41.4 Å². The van der Waals surface area contributed by atoms with Gasteiger partial charge in [0.25, 0.3) is 0 Å². The number of hydrogen-bond donors (Lipinski definition) is 0. The van der Waals surface area contributed by atoms with E-state index in [0.29, 0.717) is 5.92 Å². The van der Waals surface area contributed by atoms with Crippen LogP contribution >= 0.6 is 23.2 Å². The highest BCUT2D eigenvalue weighted by molar-refractivity contribution is 6.31. The lowest BCUT2D eigenvalue weighted by molar-refractivity contribution is 0.515. The number of hydrogen-bond acceptors (Lipinski definition) is 1. The summed E-state index contributed by atoms with van der Waals surface area (Å²) in [6.45, 7) is 7.17. The van der Waals surface area contributed by atoms with Gasteiger partial charge in [0.2, 0.25) is 0 Å². The van der Waals surface area contributed by atoms with Crippen LogP contribution in [0.1, 0.15) is 43.1 Å². The minimum absolute atomic E-state index is 0.0208. The van der Waals surface area contributed by atoms with E-state index in [4.69, 9.17) is 23.2 Å². The molecular formula is C17H22Cl2N2. The lowest BCUT2D eigenvalue weighted by Crippen LogP contribution is -2.12. The number of benzene rings is 1. The zero-order valence-corrected chi connectivity index (χ0v) is 14.3. The van der Waals surface area contributed by atoms with Gasteiger partial charge in [0.1, 0.15) is 0 Å². The third-order valence-electron chi connectivity index (χ3n) is 3.83. The molecule has 0 spiro atoms. The third-order valence-corrected chi connectivity index (χ3v) is 4.95. The zero-order chi connectivity index (χ0) is 15.4. The number of nitrogens with zero attached hydrogens (tertiary/aromatic N) is 2. The second-order valence-corrected chi connectivity index (χ2v) is 6.22. The fourth-order valence-corrected chi connectivity index (χ4v) is 3.17. The molecule has 0 N–H and O–H groups in total. The molecule has 21 heavy (non-hydrogen) atoms. The number of alkyl halides is 1. The van der Waals surface area contributed by atoms with E-state index in [9.17, 15) is 0 Å². The van der Waals surface area contributed by atoms with Crippen LogP contribution in [0.15, 0.2) is 30.3 Å². The maximum atomic E-state index is 6.62. The molecule has 0 radical (unpaired) electrons. The lowest BCUT2D eigenvalue weighted by Gasteiger charge is -2.19. The van der Waals surface area contributed by atoms with E-state index in [2.05, 4.69) is 38.0 Å². The highest BCUT2D eigenvalue weighted by Gasteiger charge is 2.22. The van der Waals surface area contributed by atoms with E-state index >= 15 is 0 Å². The molecule has 1 aromatic carbocycles. The summed E-state index contributed by atoms with van der Waals surface area (Å²) >= 11 is 13.1. The number of halogens is 2. The molecule has 0 amide bonds. The molecule has 4 heteroatoms. The first kappa shape index (κ1) is 16.4. The second-order valence-electron chi connectivity index (χ2n) is 5.37. The van der Waals surface area contributed by atoms with Crippen LogP contribution in [0.25, 0.3) is 0 Å². The van der Waals surface area contributed by atoms with Gasteiger partial charge in [-0.15, -0.1) is 11.6 Å². The molecule has 0 saturated heterocycles. The Labute approximate surface area is 137 Å². The molecule has 1 aromatic heterocycles. The van der Waals surface area contributed by atoms with Gasteiger partial charge >= 0.3 is 0 Å². The lowest BCUT2D eigenvalue weighted by atomic mass is 9.95. The average Bonchev–Trinajstić information content (AvgIpc) is 2.83. The third kappa shape index (κ3) is 3.61. The molecule has 2 rings (SSSR count). The Balaban J connectivity index is 2.19. The van der Waals surface area contributed by atoms with Gasteiger partial charge in [-0.3, -0.25) is 4.68 Å². The van der Waals surface area contributed by atoms with Gasteiger partial charge in [0.15, 0.2) is 0 Å². The molecule has 0 aliphatic heterocycles. The van der Waals surface area contributed by atoms with Crippen LogP contribution < -0.4 is 0 Å². The maximum absolute atomic E-state index is 6.62. The van der Waals surface area contributed by atoms with Crippen molar-refractivity contribution in [2.75, 3.05) is 0 Å². The van der Waals surface area contributed by atoms with Crippen molar-refractivity contribution in [1.82, 2.24) is 9.78 Å². The van der Waals surface area contributed by atoms with Crippen LogP contribution in [-0.4, -0.2) is 9.78 Å². The summed E-state index contributed by atoms with van der Waals surface area (Å²) in [5, 5.41) is 5.36. The second kappa shape index (κ2) is 7.33. The Morgan fingerprint density at radius 3 is 2.43 bits per heavy atom. The maximum Gasteiger partial charge on any atom is 0.0849 e. The molecule has 0 aliphatic carbocycles. The summed E-state index contributed by atoms with van der Waals surface area (Å²) in [5.41, 5.74) is 3.23. The van der Waals surface area contributed by atoms with Gasteiger partial charge in [-0.25, -0.2) is 0 Å². The fourth-order valence-electron chi connectivity index (χ4n) is 2.59. The van der Waals surface area contributed by atoms with Crippen molar-refractivity contribution >= 4 is 23.2 Å².